The van der Waals surface area contributed by atoms with Crippen LogP contribution in [0.2, 0.25) is 0 Å². The van der Waals surface area contributed by atoms with E-state index in [0.717, 1.165) is 11.6 Å². The molecule has 0 aromatic carbocycles. The molecule has 4 nitrogen and oxygen atoms in total. The maximum Gasteiger partial charge on any atom is 0.433 e. The zero-order valence-corrected chi connectivity index (χ0v) is 11.2. The normalized spacial score (nSPS) is 21.6. The van der Waals surface area contributed by atoms with Gasteiger partial charge in [-0.1, -0.05) is 6.08 Å². The average Bonchev–Trinajstić information content (AvgIpc) is 2.87. The van der Waals surface area contributed by atoms with E-state index in [0.29, 0.717) is 38.0 Å². The van der Waals surface area contributed by atoms with Gasteiger partial charge in [-0.25, -0.2) is 4.98 Å². The Morgan fingerprint density at radius 3 is 2.43 bits per heavy atom. The third-order valence-electron chi connectivity index (χ3n) is 3.81. The third-order valence-corrected chi connectivity index (χ3v) is 3.81. The molecule has 7 heteroatoms. The van der Waals surface area contributed by atoms with Gasteiger partial charge < -0.3 is 15.2 Å². The molecular formula is C14H15F3N2O2. The predicted octanol–water partition coefficient (Wildman–Crippen LogP) is 2.99. The van der Waals surface area contributed by atoms with Gasteiger partial charge in [-0.05, 0) is 24.1 Å². The van der Waals surface area contributed by atoms with Crippen molar-refractivity contribution in [1.29, 1.82) is 0 Å². The summed E-state index contributed by atoms with van der Waals surface area (Å²) in [5, 5.41) is 0. The molecule has 0 amide bonds. The van der Waals surface area contributed by atoms with Crippen LogP contribution in [0.25, 0.3) is 5.57 Å². The van der Waals surface area contributed by atoms with Gasteiger partial charge in [0.25, 0.3) is 0 Å². The molecule has 2 N–H and O–H groups in total. The van der Waals surface area contributed by atoms with E-state index in [1.54, 1.807) is 0 Å². The van der Waals surface area contributed by atoms with Crippen LogP contribution >= 0.6 is 0 Å². The van der Waals surface area contributed by atoms with E-state index in [-0.39, 0.29) is 5.82 Å². The lowest BCUT2D eigenvalue weighted by atomic mass is 9.90. The Bertz CT molecular complexity index is 578. The van der Waals surface area contributed by atoms with E-state index >= 15 is 0 Å². The molecule has 0 atom stereocenters. The van der Waals surface area contributed by atoms with Crippen LogP contribution in [-0.4, -0.2) is 24.0 Å². The van der Waals surface area contributed by atoms with Crippen LogP contribution in [0, 0.1) is 0 Å². The molecule has 114 valence electrons. The van der Waals surface area contributed by atoms with Crippen LogP contribution in [-0.2, 0) is 15.7 Å². The van der Waals surface area contributed by atoms with Crippen LogP contribution in [0.15, 0.2) is 18.2 Å². The van der Waals surface area contributed by atoms with Gasteiger partial charge in [0.15, 0.2) is 5.79 Å². The second-order valence-electron chi connectivity index (χ2n) is 5.17. The first kappa shape index (κ1) is 14.3. The van der Waals surface area contributed by atoms with E-state index in [1.165, 1.54) is 6.07 Å². The number of pyridine rings is 1. The molecule has 1 aliphatic carbocycles. The molecule has 1 fully saturated rings. The summed E-state index contributed by atoms with van der Waals surface area (Å²) in [5.74, 6) is -0.655. The third kappa shape index (κ3) is 2.75. The Labute approximate surface area is 119 Å². The van der Waals surface area contributed by atoms with Gasteiger partial charge in [0, 0.05) is 18.4 Å². The monoisotopic (exact) mass is 300 g/mol. The summed E-state index contributed by atoms with van der Waals surface area (Å²) in [4.78, 5) is 3.46. The number of hydrogen-bond donors (Lipinski definition) is 1. The molecule has 0 radical (unpaired) electrons. The van der Waals surface area contributed by atoms with E-state index in [2.05, 4.69) is 4.98 Å². The van der Waals surface area contributed by atoms with Crippen molar-refractivity contribution < 1.29 is 22.6 Å². The molecule has 1 aliphatic heterocycles. The van der Waals surface area contributed by atoms with Crippen molar-refractivity contribution in [3.05, 3.63) is 29.5 Å². The summed E-state index contributed by atoms with van der Waals surface area (Å²) in [6.45, 7) is 1.15. The second kappa shape index (κ2) is 4.99. The number of rotatable bonds is 1. The highest BCUT2D eigenvalue weighted by Gasteiger charge is 2.38. The van der Waals surface area contributed by atoms with Gasteiger partial charge in [-0.3, -0.25) is 0 Å². The number of allylic oxidation sites excluding steroid dienone is 1. The van der Waals surface area contributed by atoms with E-state index in [9.17, 15) is 13.2 Å². The Hall–Kier alpha value is -1.60. The summed E-state index contributed by atoms with van der Waals surface area (Å²) in [6.07, 6.45) is -0.696. The van der Waals surface area contributed by atoms with Crippen LogP contribution in [0.1, 0.15) is 30.5 Å². The van der Waals surface area contributed by atoms with Crippen molar-refractivity contribution in [2.24, 2.45) is 0 Å². The molecule has 1 saturated heterocycles. The lowest BCUT2D eigenvalue weighted by Gasteiger charge is -2.30. The van der Waals surface area contributed by atoms with Gasteiger partial charge in [0.05, 0.1) is 13.2 Å². The lowest BCUT2D eigenvalue weighted by molar-refractivity contribution is -0.159. The highest BCUT2D eigenvalue weighted by molar-refractivity contribution is 5.73. The molecule has 0 bridgehead atoms. The number of nitrogens with two attached hydrogens (primary N) is 1. The topological polar surface area (TPSA) is 57.4 Å². The number of ether oxygens (including phenoxy) is 2. The number of halogens is 3. The van der Waals surface area contributed by atoms with Crippen LogP contribution in [0.4, 0.5) is 19.0 Å². The van der Waals surface area contributed by atoms with Crippen molar-refractivity contribution in [2.75, 3.05) is 18.9 Å². The fraction of sp³-hybridized carbons (Fsp3) is 0.500. The molecule has 0 saturated carbocycles. The minimum absolute atomic E-state index is 0.0970. The maximum atomic E-state index is 12.6. The quantitative estimate of drug-likeness (QED) is 0.866. The minimum atomic E-state index is -4.48. The van der Waals surface area contributed by atoms with E-state index in [4.69, 9.17) is 15.2 Å². The van der Waals surface area contributed by atoms with Gasteiger partial charge in [0.1, 0.15) is 11.5 Å². The van der Waals surface area contributed by atoms with E-state index < -0.39 is 17.7 Å². The number of aromatic nitrogens is 1. The van der Waals surface area contributed by atoms with Gasteiger partial charge in [-0.2, -0.15) is 13.2 Å². The smallest absolute Gasteiger partial charge is 0.383 e. The first-order chi connectivity index (χ1) is 9.90. The Morgan fingerprint density at radius 2 is 1.90 bits per heavy atom. The second-order valence-corrected chi connectivity index (χ2v) is 5.17. The summed E-state index contributed by atoms with van der Waals surface area (Å²) in [7, 11) is 0. The number of hydrogen-bond acceptors (Lipinski definition) is 4. The standard InChI is InChI=1S/C14H15F3N2O2/c15-14(16,17)11-2-1-10(12(18)19-11)9-3-5-13(6-4-9)20-7-8-21-13/h1-3H,4-8H2,(H2,18,19). The van der Waals surface area contributed by atoms with Crippen molar-refractivity contribution in [3.8, 4) is 0 Å². The summed E-state index contributed by atoms with van der Waals surface area (Å²) >= 11 is 0. The van der Waals surface area contributed by atoms with Crippen molar-refractivity contribution in [3.63, 3.8) is 0 Å². The summed E-state index contributed by atoms with van der Waals surface area (Å²) in [6, 6.07) is 2.34. The number of nitrogens with zero attached hydrogens (tertiary/aromatic N) is 1. The van der Waals surface area contributed by atoms with Crippen LogP contribution < -0.4 is 5.73 Å². The predicted molar refractivity (Wildman–Crippen MR) is 70.1 cm³/mol. The number of alkyl halides is 3. The zero-order chi connectivity index (χ0) is 15.1. The zero-order valence-electron chi connectivity index (χ0n) is 11.2. The molecule has 0 unspecified atom stereocenters. The summed E-state index contributed by atoms with van der Waals surface area (Å²) in [5.41, 5.74) is 6.15. The van der Waals surface area contributed by atoms with Crippen molar-refractivity contribution >= 4 is 11.4 Å². The fourth-order valence-corrected chi connectivity index (χ4v) is 2.72. The first-order valence-electron chi connectivity index (χ1n) is 6.71. The Balaban J connectivity index is 1.83. The molecule has 2 aliphatic rings. The van der Waals surface area contributed by atoms with Crippen molar-refractivity contribution in [1.82, 2.24) is 4.98 Å². The molecule has 1 spiro atoms. The highest BCUT2D eigenvalue weighted by atomic mass is 19.4. The lowest BCUT2D eigenvalue weighted by Crippen LogP contribution is -2.31. The van der Waals surface area contributed by atoms with Gasteiger partial charge >= 0.3 is 6.18 Å². The number of anilines is 1. The summed E-state index contributed by atoms with van der Waals surface area (Å²) < 4.78 is 48.9. The molecule has 2 heterocycles. The van der Waals surface area contributed by atoms with E-state index in [1.807, 2.05) is 6.08 Å². The van der Waals surface area contributed by atoms with Gasteiger partial charge in [-0.15, -0.1) is 0 Å². The molecular weight excluding hydrogens is 285 g/mol. The maximum absolute atomic E-state index is 12.6. The SMILES string of the molecule is Nc1nc(C(F)(F)F)ccc1C1=CCC2(CC1)OCCO2. The highest BCUT2D eigenvalue weighted by Crippen LogP contribution is 2.39. The molecule has 1 aromatic rings. The molecule has 21 heavy (non-hydrogen) atoms. The van der Waals surface area contributed by atoms with Crippen molar-refractivity contribution in [2.45, 2.75) is 31.2 Å². The van der Waals surface area contributed by atoms with Crippen LogP contribution in [0.5, 0.6) is 0 Å². The number of nitrogen functional groups attached to an aromatic ring is 1. The largest absolute Gasteiger partial charge is 0.433 e. The Kier molecular flexibility index (Phi) is 3.41. The average molecular weight is 300 g/mol. The van der Waals surface area contributed by atoms with Gasteiger partial charge in [0.2, 0.25) is 0 Å². The molecule has 1 aromatic heterocycles. The minimum Gasteiger partial charge on any atom is -0.383 e. The van der Waals surface area contributed by atoms with Crippen LogP contribution in [0.3, 0.4) is 0 Å². The first-order valence-corrected chi connectivity index (χ1v) is 6.71. The fourth-order valence-electron chi connectivity index (χ4n) is 2.72. The Morgan fingerprint density at radius 1 is 1.19 bits per heavy atom. The molecule has 3 rings (SSSR count).